The van der Waals surface area contributed by atoms with Gasteiger partial charge < -0.3 is 14.9 Å². The van der Waals surface area contributed by atoms with Gasteiger partial charge in [0.05, 0.1) is 25.2 Å². The molecule has 4 rings (SSSR count). The molecular formula is C32H52O4. The zero-order valence-corrected chi connectivity index (χ0v) is 24.2. The minimum Gasteiger partial charge on any atom is -0.469 e. The summed E-state index contributed by atoms with van der Waals surface area (Å²) in [7, 11) is 1.48. The third-order valence-corrected chi connectivity index (χ3v) is 12.3. The topological polar surface area (TPSA) is 66.8 Å². The summed E-state index contributed by atoms with van der Waals surface area (Å²) in [6.45, 7) is 20.3. The molecule has 0 aromatic heterocycles. The van der Waals surface area contributed by atoms with Gasteiger partial charge in [0.1, 0.15) is 0 Å². The van der Waals surface area contributed by atoms with Gasteiger partial charge in [-0.15, -0.1) is 0 Å². The van der Waals surface area contributed by atoms with Crippen LogP contribution in [0.1, 0.15) is 106 Å². The normalized spacial score (nSPS) is 42.4. The van der Waals surface area contributed by atoms with Crippen molar-refractivity contribution in [2.75, 3.05) is 7.11 Å². The predicted molar refractivity (Wildman–Crippen MR) is 145 cm³/mol. The molecule has 0 aromatic rings. The number of methoxy groups -OCH3 is 1. The first-order chi connectivity index (χ1) is 16.6. The van der Waals surface area contributed by atoms with Gasteiger partial charge in [0.2, 0.25) is 0 Å². The van der Waals surface area contributed by atoms with Gasteiger partial charge in [-0.3, -0.25) is 4.79 Å². The zero-order valence-electron chi connectivity index (χ0n) is 24.2. The van der Waals surface area contributed by atoms with Crippen LogP contribution in [0.2, 0.25) is 0 Å². The largest absolute Gasteiger partial charge is 0.469 e. The molecule has 204 valence electrons. The van der Waals surface area contributed by atoms with Crippen molar-refractivity contribution in [2.45, 2.75) is 118 Å². The number of aliphatic hydroxyl groups excluding tert-OH is 2. The summed E-state index contributed by atoms with van der Waals surface area (Å²) in [5, 5.41) is 22.5. The SMILES string of the molecule is C=C(CC[C@@H](C(=O)OC)[C@H]1[C@@H](O)C[C@@]2(C)C3=C(CC[C@]12C)[C@@]1(C)CC[C@@H](O)C(C)(C)[C@@H]1CC3)C(C)C. The second-order valence-electron chi connectivity index (χ2n) is 14.4. The number of fused-ring (bicyclic) bond motifs is 4. The third kappa shape index (κ3) is 3.87. The molecule has 0 heterocycles. The van der Waals surface area contributed by atoms with E-state index in [0.29, 0.717) is 18.3 Å². The molecule has 0 aliphatic heterocycles. The number of esters is 1. The van der Waals surface area contributed by atoms with Crippen molar-refractivity contribution in [3.63, 3.8) is 0 Å². The molecule has 2 saturated carbocycles. The maximum absolute atomic E-state index is 13.2. The van der Waals surface area contributed by atoms with Crippen LogP contribution >= 0.6 is 0 Å². The Kier molecular flexibility index (Phi) is 7.17. The molecule has 8 atom stereocenters. The molecule has 0 saturated heterocycles. The summed E-state index contributed by atoms with van der Waals surface area (Å²) in [5.41, 5.74) is 4.09. The molecule has 2 N–H and O–H groups in total. The van der Waals surface area contributed by atoms with Crippen LogP contribution in [0.15, 0.2) is 23.3 Å². The first-order valence-corrected chi connectivity index (χ1v) is 14.5. The fourth-order valence-corrected chi connectivity index (χ4v) is 9.72. The van der Waals surface area contributed by atoms with Crippen molar-refractivity contribution in [3.8, 4) is 0 Å². The van der Waals surface area contributed by atoms with Crippen molar-refractivity contribution >= 4 is 5.97 Å². The summed E-state index contributed by atoms with van der Waals surface area (Å²) in [4.78, 5) is 13.2. The Bertz CT molecular complexity index is 930. The molecule has 2 fully saturated rings. The van der Waals surface area contributed by atoms with E-state index in [1.165, 1.54) is 7.11 Å². The molecule has 4 heteroatoms. The molecule has 0 spiro atoms. The smallest absolute Gasteiger partial charge is 0.309 e. The Morgan fingerprint density at radius 3 is 2.33 bits per heavy atom. The molecule has 4 aliphatic rings. The van der Waals surface area contributed by atoms with Crippen LogP contribution in [0.4, 0.5) is 0 Å². The number of aliphatic hydroxyl groups is 2. The van der Waals surface area contributed by atoms with E-state index in [2.05, 4.69) is 55.0 Å². The summed E-state index contributed by atoms with van der Waals surface area (Å²) in [6.07, 6.45) is 7.53. The van der Waals surface area contributed by atoms with Gasteiger partial charge in [0, 0.05) is 5.92 Å². The van der Waals surface area contributed by atoms with Gasteiger partial charge in [0.15, 0.2) is 0 Å². The van der Waals surface area contributed by atoms with Gasteiger partial charge in [-0.1, -0.05) is 71.8 Å². The quantitative estimate of drug-likeness (QED) is 0.309. The predicted octanol–water partition coefficient (Wildman–Crippen LogP) is 6.85. The lowest BCUT2D eigenvalue weighted by molar-refractivity contribution is -0.152. The van der Waals surface area contributed by atoms with Crippen molar-refractivity contribution in [3.05, 3.63) is 23.3 Å². The standard InChI is InChI=1S/C32H52O4/c1-19(2)20(3)10-11-21(28(35)36-9)27-24(33)18-32(8)23-12-13-25-29(4,5)26(34)15-16-30(25,6)22(23)14-17-31(27,32)7/h19,21,24-27,33-34H,3,10-18H2,1-2,4-9H3/t21-,24+,25+,26-,27+,30-,31-,32+/m1/s1. The van der Waals surface area contributed by atoms with Gasteiger partial charge in [-0.25, -0.2) is 0 Å². The van der Waals surface area contributed by atoms with E-state index in [1.54, 1.807) is 11.1 Å². The van der Waals surface area contributed by atoms with Crippen LogP contribution in [0.5, 0.6) is 0 Å². The molecule has 0 radical (unpaired) electrons. The fraction of sp³-hybridized carbons (Fsp3) is 0.844. The Hall–Kier alpha value is -1.13. The van der Waals surface area contributed by atoms with Crippen molar-refractivity contribution in [1.29, 1.82) is 0 Å². The average molecular weight is 501 g/mol. The lowest BCUT2D eigenvalue weighted by atomic mass is 9.43. The summed E-state index contributed by atoms with van der Waals surface area (Å²) in [5.74, 6) is 0.255. The molecular weight excluding hydrogens is 448 g/mol. The van der Waals surface area contributed by atoms with Crippen LogP contribution in [0.25, 0.3) is 0 Å². The highest BCUT2D eigenvalue weighted by atomic mass is 16.5. The number of allylic oxidation sites excluding steroid dienone is 3. The number of rotatable bonds is 6. The Labute approximate surface area is 220 Å². The molecule has 0 amide bonds. The van der Waals surface area contributed by atoms with E-state index in [0.717, 1.165) is 56.9 Å². The first kappa shape index (κ1) is 27.9. The average Bonchev–Trinajstić information content (AvgIpc) is 3.02. The van der Waals surface area contributed by atoms with E-state index in [-0.39, 0.29) is 45.6 Å². The van der Waals surface area contributed by atoms with E-state index < -0.39 is 6.10 Å². The highest BCUT2D eigenvalue weighted by Crippen LogP contribution is 2.72. The highest BCUT2D eigenvalue weighted by molar-refractivity contribution is 5.73. The molecule has 36 heavy (non-hydrogen) atoms. The van der Waals surface area contributed by atoms with E-state index >= 15 is 0 Å². The lowest BCUT2D eigenvalue weighted by Crippen LogP contribution is -2.55. The maximum atomic E-state index is 13.2. The number of hydrogen-bond donors (Lipinski definition) is 2. The van der Waals surface area contributed by atoms with Gasteiger partial charge in [0.25, 0.3) is 0 Å². The fourth-order valence-electron chi connectivity index (χ4n) is 9.72. The van der Waals surface area contributed by atoms with Gasteiger partial charge in [-0.05, 0) is 91.3 Å². The molecule has 0 bridgehead atoms. The van der Waals surface area contributed by atoms with Crippen LogP contribution in [0, 0.1) is 45.3 Å². The molecule has 4 aliphatic carbocycles. The Morgan fingerprint density at radius 1 is 1.06 bits per heavy atom. The highest BCUT2D eigenvalue weighted by Gasteiger charge is 2.66. The second-order valence-corrected chi connectivity index (χ2v) is 14.4. The summed E-state index contributed by atoms with van der Waals surface area (Å²) >= 11 is 0. The first-order valence-electron chi connectivity index (χ1n) is 14.5. The monoisotopic (exact) mass is 500 g/mol. The van der Waals surface area contributed by atoms with Crippen LogP contribution in [0.3, 0.4) is 0 Å². The van der Waals surface area contributed by atoms with Crippen molar-refractivity contribution < 1.29 is 19.7 Å². The van der Waals surface area contributed by atoms with Crippen molar-refractivity contribution in [2.24, 2.45) is 45.3 Å². The van der Waals surface area contributed by atoms with Crippen LogP contribution in [-0.2, 0) is 9.53 Å². The number of ether oxygens (including phenoxy) is 1. The van der Waals surface area contributed by atoms with Crippen LogP contribution < -0.4 is 0 Å². The van der Waals surface area contributed by atoms with E-state index in [9.17, 15) is 15.0 Å². The molecule has 4 nitrogen and oxygen atoms in total. The number of hydrogen-bond acceptors (Lipinski definition) is 4. The minimum atomic E-state index is -0.515. The van der Waals surface area contributed by atoms with Crippen LogP contribution in [-0.4, -0.2) is 35.5 Å². The third-order valence-electron chi connectivity index (χ3n) is 12.3. The van der Waals surface area contributed by atoms with Crippen molar-refractivity contribution in [1.82, 2.24) is 0 Å². The molecule has 0 aromatic carbocycles. The Balaban J connectivity index is 1.73. The summed E-state index contributed by atoms with van der Waals surface area (Å²) < 4.78 is 5.33. The maximum Gasteiger partial charge on any atom is 0.309 e. The number of carbonyl (C=O) groups is 1. The number of carbonyl (C=O) groups excluding carboxylic acids is 1. The van der Waals surface area contributed by atoms with E-state index in [1.807, 2.05) is 0 Å². The minimum absolute atomic E-state index is 0.0836. The molecule has 0 unspecified atom stereocenters. The van der Waals surface area contributed by atoms with E-state index in [4.69, 9.17) is 4.74 Å². The van der Waals surface area contributed by atoms with Gasteiger partial charge >= 0.3 is 5.97 Å². The Morgan fingerprint density at radius 2 is 1.72 bits per heavy atom. The second kappa shape index (κ2) is 9.26. The zero-order chi connectivity index (χ0) is 26.8. The van der Waals surface area contributed by atoms with Gasteiger partial charge in [-0.2, -0.15) is 0 Å². The lowest BCUT2D eigenvalue weighted by Gasteiger charge is -2.62. The summed E-state index contributed by atoms with van der Waals surface area (Å²) in [6, 6.07) is 0.